The average molecular weight is 332 g/mol. The molecule has 0 saturated heterocycles. The van der Waals surface area contributed by atoms with Gasteiger partial charge in [-0.3, -0.25) is 0 Å². The minimum absolute atomic E-state index is 0.223. The summed E-state index contributed by atoms with van der Waals surface area (Å²) in [7, 11) is 0. The molecule has 0 radical (unpaired) electrons. The molecule has 0 aliphatic rings. The summed E-state index contributed by atoms with van der Waals surface area (Å²) in [6.45, 7) is 0. The Balaban J connectivity index is 2.43. The van der Waals surface area contributed by atoms with Gasteiger partial charge in [-0.25, -0.2) is 0 Å². The molecule has 0 aliphatic heterocycles. The van der Waals surface area contributed by atoms with E-state index in [9.17, 15) is 0 Å². The number of nitrogens with two attached hydrogens (primary N) is 1. The summed E-state index contributed by atoms with van der Waals surface area (Å²) in [6.07, 6.45) is 0. The first kappa shape index (κ1) is 14.4. The van der Waals surface area contributed by atoms with Crippen LogP contribution in [0.5, 0.6) is 0 Å². The summed E-state index contributed by atoms with van der Waals surface area (Å²) in [5.74, 6) is 0. The summed E-state index contributed by atoms with van der Waals surface area (Å²) >= 11 is 23.0. The van der Waals surface area contributed by atoms with Crippen molar-refractivity contribution in [2.45, 2.75) is 0 Å². The van der Waals surface area contributed by atoms with Crippen LogP contribution in [0.25, 0.3) is 0 Å². The van der Waals surface area contributed by atoms with Crippen molar-refractivity contribution in [2.24, 2.45) is 5.73 Å². The number of anilines is 2. The number of rotatable bonds is 3. The SMILES string of the molecule is NC(=S)c1c(Cl)cccc1Nc1cc(Cl)cc(Cl)c1. The third kappa shape index (κ3) is 3.51. The van der Waals surface area contributed by atoms with E-state index in [0.29, 0.717) is 26.3 Å². The molecule has 0 bridgehead atoms. The van der Waals surface area contributed by atoms with Gasteiger partial charge in [0.25, 0.3) is 0 Å². The molecule has 0 fully saturated rings. The molecule has 98 valence electrons. The maximum absolute atomic E-state index is 6.09. The van der Waals surface area contributed by atoms with Crippen LogP contribution in [0.15, 0.2) is 36.4 Å². The van der Waals surface area contributed by atoms with E-state index < -0.39 is 0 Å². The van der Waals surface area contributed by atoms with Crippen molar-refractivity contribution in [3.8, 4) is 0 Å². The standard InChI is InChI=1S/C13H9Cl3N2S/c14-7-4-8(15)6-9(5-7)18-11-3-1-2-10(16)12(11)13(17)19/h1-6,18H,(H2,17,19). The highest BCUT2D eigenvalue weighted by Crippen LogP contribution is 2.29. The monoisotopic (exact) mass is 330 g/mol. The van der Waals surface area contributed by atoms with Gasteiger partial charge in [-0.05, 0) is 30.3 Å². The zero-order valence-corrected chi connectivity index (χ0v) is 12.7. The molecule has 3 N–H and O–H groups in total. The topological polar surface area (TPSA) is 38.0 Å². The fourth-order valence-corrected chi connectivity index (χ4v) is 2.74. The predicted molar refractivity (Wildman–Crippen MR) is 87.1 cm³/mol. The normalized spacial score (nSPS) is 10.3. The molecule has 2 aromatic carbocycles. The Morgan fingerprint density at radius 2 is 1.68 bits per heavy atom. The Hall–Kier alpha value is -1.000. The molecule has 0 unspecified atom stereocenters. The van der Waals surface area contributed by atoms with Gasteiger partial charge in [0.1, 0.15) is 4.99 Å². The molecule has 0 aromatic heterocycles. The Kier molecular flexibility index (Phi) is 4.53. The van der Waals surface area contributed by atoms with Crippen LogP contribution in [0.3, 0.4) is 0 Å². The van der Waals surface area contributed by atoms with E-state index in [4.69, 9.17) is 52.8 Å². The quantitative estimate of drug-likeness (QED) is 0.775. The number of thiocarbonyl (C=S) groups is 1. The number of hydrogen-bond donors (Lipinski definition) is 2. The second kappa shape index (κ2) is 5.97. The van der Waals surface area contributed by atoms with Gasteiger partial charge < -0.3 is 11.1 Å². The molecule has 2 nitrogen and oxygen atoms in total. The van der Waals surface area contributed by atoms with Crippen LogP contribution in [0.1, 0.15) is 5.56 Å². The molecule has 0 atom stereocenters. The minimum atomic E-state index is 0.223. The van der Waals surface area contributed by atoms with Crippen molar-refractivity contribution in [1.29, 1.82) is 0 Å². The first-order chi connectivity index (χ1) is 8.97. The zero-order valence-electron chi connectivity index (χ0n) is 9.58. The largest absolute Gasteiger partial charge is 0.389 e. The van der Waals surface area contributed by atoms with E-state index in [0.717, 1.165) is 5.69 Å². The number of benzene rings is 2. The summed E-state index contributed by atoms with van der Waals surface area (Å²) in [5.41, 5.74) is 7.72. The molecular weight excluding hydrogens is 323 g/mol. The summed E-state index contributed by atoms with van der Waals surface area (Å²) in [4.78, 5) is 0.223. The van der Waals surface area contributed by atoms with Crippen LogP contribution in [0.2, 0.25) is 15.1 Å². The lowest BCUT2D eigenvalue weighted by molar-refractivity contribution is 1.52. The first-order valence-electron chi connectivity index (χ1n) is 5.29. The lowest BCUT2D eigenvalue weighted by Gasteiger charge is -2.13. The van der Waals surface area contributed by atoms with Gasteiger partial charge in [0.2, 0.25) is 0 Å². The number of nitrogens with one attached hydrogen (secondary N) is 1. The van der Waals surface area contributed by atoms with Gasteiger partial charge >= 0.3 is 0 Å². The zero-order chi connectivity index (χ0) is 14.0. The minimum Gasteiger partial charge on any atom is -0.389 e. The molecule has 6 heteroatoms. The Labute approximate surface area is 131 Å². The Bertz CT molecular complexity index is 624. The van der Waals surface area contributed by atoms with Crippen molar-refractivity contribution >= 4 is 63.4 Å². The third-order valence-corrected chi connectivity index (χ3v) is 3.36. The summed E-state index contributed by atoms with van der Waals surface area (Å²) in [5, 5.41) is 4.72. The van der Waals surface area contributed by atoms with E-state index in [2.05, 4.69) is 5.32 Å². The van der Waals surface area contributed by atoms with Crippen LogP contribution in [0, 0.1) is 0 Å². The molecule has 2 rings (SSSR count). The second-order valence-corrected chi connectivity index (χ2v) is 5.53. The number of halogens is 3. The van der Waals surface area contributed by atoms with Crippen molar-refractivity contribution in [3.05, 3.63) is 57.0 Å². The maximum Gasteiger partial charge on any atom is 0.107 e. The van der Waals surface area contributed by atoms with E-state index in [1.54, 1.807) is 30.3 Å². The molecule has 0 aliphatic carbocycles. The summed E-state index contributed by atoms with van der Waals surface area (Å²) in [6, 6.07) is 10.5. The van der Waals surface area contributed by atoms with Crippen molar-refractivity contribution in [2.75, 3.05) is 5.32 Å². The maximum atomic E-state index is 6.09. The van der Waals surface area contributed by atoms with E-state index in [1.165, 1.54) is 0 Å². The second-order valence-electron chi connectivity index (χ2n) is 3.81. The van der Waals surface area contributed by atoms with Gasteiger partial charge in [0, 0.05) is 15.7 Å². The van der Waals surface area contributed by atoms with Gasteiger partial charge in [-0.2, -0.15) is 0 Å². The predicted octanol–water partition coefficient (Wildman–Crippen LogP) is 5.02. The molecule has 2 aromatic rings. The van der Waals surface area contributed by atoms with Crippen molar-refractivity contribution < 1.29 is 0 Å². The van der Waals surface area contributed by atoms with Gasteiger partial charge in [0.15, 0.2) is 0 Å². The van der Waals surface area contributed by atoms with Crippen LogP contribution in [-0.2, 0) is 0 Å². The van der Waals surface area contributed by atoms with Gasteiger partial charge in [0.05, 0.1) is 16.3 Å². The van der Waals surface area contributed by atoms with Gasteiger partial charge in [-0.15, -0.1) is 0 Å². The van der Waals surface area contributed by atoms with Crippen LogP contribution < -0.4 is 11.1 Å². The van der Waals surface area contributed by atoms with E-state index >= 15 is 0 Å². The third-order valence-electron chi connectivity index (χ3n) is 2.40. The first-order valence-corrected chi connectivity index (χ1v) is 6.83. The molecule has 0 amide bonds. The molecular formula is C13H9Cl3N2S. The highest BCUT2D eigenvalue weighted by atomic mass is 35.5. The fraction of sp³-hybridized carbons (Fsp3) is 0. The van der Waals surface area contributed by atoms with E-state index in [-0.39, 0.29) is 4.99 Å². The smallest absolute Gasteiger partial charge is 0.107 e. The Morgan fingerprint density at radius 3 is 2.26 bits per heavy atom. The number of hydrogen-bond acceptors (Lipinski definition) is 2. The molecule has 0 spiro atoms. The highest BCUT2D eigenvalue weighted by molar-refractivity contribution is 7.80. The van der Waals surface area contributed by atoms with Crippen molar-refractivity contribution in [1.82, 2.24) is 0 Å². The van der Waals surface area contributed by atoms with E-state index in [1.807, 2.05) is 6.07 Å². The van der Waals surface area contributed by atoms with Crippen LogP contribution in [-0.4, -0.2) is 4.99 Å². The lowest BCUT2D eigenvalue weighted by atomic mass is 10.1. The average Bonchev–Trinajstić information content (AvgIpc) is 2.26. The van der Waals surface area contributed by atoms with Crippen LogP contribution in [0.4, 0.5) is 11.4 Å². The fourth-order valence-electron chi connectivity index (χ4n) is 1.66. The highest BCUT2D eigenvalue weighted by Gasteiger charge is 2.10. The molecule has 0 heterocycles. The Morgan fingerprint density at radius 1 is 1.05 bits per heavy atom. The molecule has 19 heavy (non-hydrogen) atoms. The lowest BCUT2D eigenvalue weighted by Crippen LogP contribution is -2.12. The van der Waals surface area contributed by atoms with Crippen molar-refractivity contribution in [3.63, 3.8) is 0 Å². The van der Waals surface area contributed by atoms with Gasteiger partial charge in [-0.1, -0.05) is 53.1 Å². The van der Waals surface area contributed by atoms with Crippen LogP contribution >= 0.6 is 47.0 Å². The summed E-state index contributed by atoms with van der Waals surface area (Å²) < 4.78 is 0. The molecule has 0 saturated carbocycles.